The van der Waals surface area contributed by atoms with Gasteiger partial charge in [-0.25, -0.2) is 14.2 Å². The van der Waals surface area contributed by atoms with E-state index in [0.717, 1.165) is 16.5 Å². The first-order chi connectivity index (χ1) is 14.0. The summed E-state index contributed by atoms with van der Waals surface area (Å²) in [7, 11) is 0. The summed E-state index contributed by atoms with van der Waals surface area (Å²) in [5.41, 5.74) is 3.39. The number of fused-ring (bicyclic) bond motifs is 1. The van der Waals surface area contributed by atoms with Gasteiger partial charge in [0.05, 0.1) is 5.69 Å². The van der Waals surface area contributed by atoms with Crippen molar-refractivity contribution < 1.29 is 8.81 Å². The van der Waals surface area contributed by atoms with Crippen LogP contribution >= 0.6 is 11.3 Å². The molecule has 0 spiro atoms. The first-order valence-electron chi connectivity index (χ1n) is 8.66. The molecular weight excluding hydrogens is 389 g/mol. The predicted molar refractivity (Wildman–Crippen MR) is 112 cm³/mol. The molecule has 2 aromatic carbocycles. The van der Waals surface area contributed by atoms with E-state index in [1.165, 1.54) is 29.5 Å². The fraction of sp³-hybridized carbons (Fsp3) is 0.0455. The van der Waals surface area contributed by atoms with E-state index in [-0.39, 0.29) is 5.82 Å². The number of benzene rings is 2. The van der Waals surface area contributed by atoms with Crippen LogP contribution in [-0.2, 0) is 0 Å². The van der Waals surface area contributed by atoms with Gasteiger partial charge in [-0.05, 0) is 48.9 Å². The third-order valence-corrected chi connectivity index (χ3v) is 5.21. The van der Waals surface area contributed by atoms with E-state index < -0.39 is 5.63 Å². The lowest BCUT2D eigenvalue weighted by atomic mass is 10.1. The van der Waals surface area contributed by atoms with Crippen molar-refractivity contribution in [3.05, 3.63) is 86.9 Å². The van der Waals surface area contributed by atoms with Crippen molar-refractivity contribution in [2.45, 2.75) is 6.92 Å². The van der Waals surface area contributed by atoms with Crippen LogP contribution in [-0.4, -0.2) is 4.98 Å². The van der Waals surface area contributed by atoms with Crippen molar-refractivity contribution in [1.82, 2.24) is 4.98 Å². The molecule has 29 heavy (non-hydrogen) atoms. The largest absolute Gasteiger partial charge is 0.423 e. The maximum Gasteiger partial charge on any atom is 0.336 e. The number of aryl methyl sites for hydroxylation is 1. The summed E-state index contributed by atoms with van der Waals surface area (Å²) in [5, 5.41) is 15.8. The van der Waals surface area contributed by atoms with Gasteiger partial charge in [0.1, 0.15) is 28.1 Å². The highest BCUT2D eigenvalue weighted by Gasteiger charge is 2.09. The van der Waals surface area contributed by atoms with Gasteiger partial charge in [-0.15, -0.1) is 11.3 Å². The minimum atomic E-state index is -0.406. The molecule has 142 valence electrons. The Kier molecular flexibility index (Phi) is 4.94. The van der Waals surface area contributed by atoms with E-state index in [1.807, 2.05) is 24.4 Å². The van der Waals surface area contributed by atoms with Crippen molar-refractivity contribution in [3.8, 4) is 17.3 Å². The van der Waals surface area contributed by atoms with Gasteiger partial charge in [-0.3, -0.25) is 0 Å². The quantitative estimate of drug-likeness (QED) is 0.367. The number of aromatic nitrogens is 1. The fourth-order valence-electron chi connectivity index (χ4n) is 2.86. The van der Waals surface area contributed by atoms with Gasteiger partial charge in [0.15, 0.2) is 0 Å². The molecular formula is C22H14FN3O2S. The standard InChI is InChI=1S/C22H14FN3O2S/c1-13-8-21(27)28-20-9-17(6-7-18(13)20)25-11-15(10-24)22-26-19(12-29-22)14-2-4-16(23)5-3-14/h2-9,11-12,25H,1H3. The molecule has 0 aliphatic heterocycles. The van der Waals surface area contributed by atoms with E-state index in [2.05, 4.69) is 16.4 Å². The van der Waals surface area contributed by atoms with Crippen LogP contribution in [0.1, 0.15) is 10.6 Å². The summed E-state index contributed by atoms with van der Waals surface area (Å²) >= 11 is 1.33. The molecule has 0 amide bonds. The van der Waals surface area contributed by atoms with Crippen LogP contribution in [0, 0.1) is 24.1 Å². The van der Waals surface area contributed by atoms with Crippen molar-refractivity contribution in [3.63, 3.8) is 0 Å². The summed E-state index contributed by atoms with van der Waals surface area (Å²) in [6, 6.07) is 15.0. The van der Waals surface area contributed by atoms with Gasteiger partial charge in [0.2, 0.25) is 0 Å². The van der Waals surface area contributed by atoms with E-state index in [9.17, 15) is 14.4 Å². The molecule has 0 aliphatic carbocycles. The summed E-state index contributed by atoms with van der Waals surface area (Å²) in [6.45, 7) is 1.85. The minimum absolute atomic E-state index is 0.313. The second kappa shape index (κ2) is 7.70. The van der Waals surface area contributed by atoms with Gasteiger partial charge in [0.25, 0.3) is 0 Å². The Labute approximate surface area is 169 Å². The van der Waals surface area contributed by atoms with E-state index in [4.69, 9.17) is 4.42 Å². The number of rotatable bonds is 4. The molecule has 7 heteroatoms. The number of nitrogens with zero attached hydrogens (tertiary/aromatic N) is 2. The highest BCUT2D eigenvalue weighted by molar-refractivity contribution is 7.11. The zero-order chi connectivity index (χ0) is 20.4. The smallest absolute Gasteiger partial charge is 0.336 e. The lowest BCUT2D eigenvalue weighted by Crippen LogP contribution is -1.98. The molecule has 1 N–H and O–H groups in total. The Morgan fingerprint density at radius 2 is 2.03 bits per heavy atom. The molecule has 2 heterocycles. The van der Waals surface area contributed by atoms with Crippen molar-refractivity contribution in [1.29, 1.82) is 5.26 Å². The summed E-state index contributed by atoms with van der Waals surface area (Å²) < 4.78 is 18.3. The molecule has 5 nitrogen and oxygen atoms in total. The molecule has 0 bridgehead atoms. The number of thiazole rings is 1. The van der Waals surface area contributed by atoms with Gasteiger partial charge < -0.3 is 9.73 Å². The van der Waals surface area contributed by atoms with E-state index >= 15 is 0 Å². The molecule has 0 radical (unpaired) electrons. The highest BCUT2D eigenvalue weighted by Crippen LogP contribution is 2.27. The Morgan fingerprint density at radius 3 is 2.79 bits per heavy atom. The molecule has 4 aromatic rings. The first-order valence-corrected chi connectivity index (χ1v) is 9.54. The van der Waals surface area contributed by atoms with Crippen molar-refractivity contribution in [2.24, 2.45) is 0 Å². The number of halogens is 1. The molecule has 0 unspecified atom stereocenters. The fourth-order valence-corrected chi connectivity index (χ4v) is 3.66. The number of allylic oxidation sites excluding steroid dienone is 1. The average Bonchev–Trinajstić information content (AvgIpc) is 3.18. The molecule has 4 rings (SSSR count). The van der Waals surface area contributed by atoms with Gasteiger partial charge in [0, 0.05) is 40.3 Å². The topological polar surface area (TPSA) is 78.9 Å². The number of hydrogen-bond donors (Lipinski definition) is 1. The Hall–Kier alpha value is -3.76. The van der Waals surface area contributed by atoms with Crippen LogP contribution in [0.5, 0.6) is 0 Å². The maximum atomic E-state index is 13.1. The number of anilines is 1. The Bertz CT molecular complexity index is 1330. The maximum absolute atomic E-state index is 13.1. The Morgan fingerprint density at radius 1 is 1.24 bits per heavy atom. The van der Waals surface area contributed by atoms with Gasteiger partial charge >= 0.3 is 5.63 Å². The second-order valence-electron chi connectivity index (χ2n) is 6.32. The lowest BCUT2D eigenvalue weighted by molar-refractivity contribution is 0.560. The Balaban J connectivity index is 1.60. The SMILES string of the molecule is Cc1cc(=O)oc2cc(NC=C(C#N)c3nc(-c4ccc(F)cc4)cs3)ccc12. The van der Waals surface area contributed by atoms with Crippen molar-refractivity contribution in [2.75, 3.05) is 5.32 Å². The van der Waals surface area contributed by atoms with Gasteiger partial charge in [-0.2, -0.15) is 5.26 Å². The van der Waals surface area contributed by atoms with Crippen LogP contribution in [0.15, 0.2) is 69.3 Å². The summed E-state index contributed by atoms with van der Waals surface area (Å²) in [5.74, 6) is -0.313. The van der Waals surface area contributed by atoms with Crippen molar-refractivity contribution >= 4 is 33.6 Å². The molecule has 2 aromatic heterocycles. The minimum Gasteiger partial charge on any atom is -0.423 e. The predicted octanol–water partition coefficient (Wildman–Crippen LogP) is 5.34. The molecule has 0 fully saturated rings. The lowest BCUT2D eigenvalue weighted by Gasteiger charge is -2.05. The number of hydrogen-bond acceptors (Lipinski definition) is 6. The molecule has 0 saturated carbocycles. The van der Waals surface area contributed by atoms with Crippen LogP contribution in [0.2, 0.25) is 0 Å². The van der Waals surface area contributed by atoms with Crippen LogP contribution in [0.3, 0.4) is 0 Å². The molecule has 0 saturated heterocycles. The van der Waals surface area contributed by atoms with Crippen LogP contribution in [0.4, 0.5) is 10.1 Å². The zero-order valence-electron chi connectivity index (χ0n) is 15.3. The van der Waals surface area contributed by atoms with Crippen LogP contribution < -0.4 is 10.9 Å². The van der Waals surface area contributed by atoms with E-state index in [1.54, 1.807) is 24.4 Å². The number of nitrogens with one attached hydrogen (secondary N) is 1. The highest BCUT2D eigenvalue weighted by atomic mass is 32.1. The second-order valence-corrected chi connectivity index (χ2v) is 7.18. The van der Waals surface area contributed by atoms with E-state index in [0.29, 0.717) is 27.5 Å². The summed E-state index contributed by atoms with van der Waals surface area (Å²) in [4.78, 5) is 16.1. The molecule has 0 aliphatic rings. The number of nitriles is 1. The van der Waals surface area contributed by atoms with Crippen LogP contribution in [0.25, 0.3) is 27.8 Å². The molecule has 0 atom stereocenters. The third-order valence-electron chi connectivity index (χ3n) is 4.33. The first kappa shape index (κ1) is 18.6. The third kappa shape index (κ3) is 3.93. The normalized spacial score (nSPS) is 11.4. The summed E-state index contributed by atoms with van der Waals surface area (Å²) in [6.07, 6.45) is 1.56. The van der Waals surface area contributed by atoms with Gasteiger partial charge in [-0.1, -0.05) is 0 Å². The zero-order valence-corrected chi connectivity index (χ0v) is 16.1. The monoisotopic (exact) mass is 403 g/mol. The average molecular weight is 403 g/mol.